The minimum Gasteiger partial charge on any atom is -0.452 e. The van der Waals surface area contributed by atoms with Crippen LogP contribution in [0.3, 0.4) is 0 Å². The standard InChI is InChI=1S/C21H26N4O3S/c1-12(2)17-9-15(16-10-22-25(13(3)4)20(16)24-17)21(27)28-11-19(26)23-14(5)18-7-6-8-29-18/h6-10,12-14H,11H2,1-5H3,(H,23,26)/t14-/m1/s1. The molecule has 0 aliphatic carbocycles. The van der Waals surface area contributed by atoms with Crippen molar-refractivity contribution < 1.29 is 14.3 Å². The van der Waals surface area contributed by atoms with E-state index in [9.17, 15) is 9.59 Å². The molecule has 3 heterocycles. The number of amides is 1. The number of thiophene rings is 1. The van der Waals surface area contributed by atoms with E-state index in [2.05, 4.69) is 15.4 Å². The highest BCUT2D eigenvalue weighted by molar-refractivity contribution is 7.10. The van der Waals surface area contributed by atoms with Gasteiger partial charge in [-0.3, -0.25) is 4.79 Å². The zero-order chi connectivity index (χ0) is 21.1. The van der Waals surface area contributed by atoms with Crippen molar-refractivity contribution >= 4 is 34.2 Å². The van der Waals surface area contributed by atoms with E-state index in [0.717, 1.165) is 10.6 Å². The van der Waals surface area contributed by atoms with Crippen LogP contribution in [0.2, 0.25) is 0 Å². The lowest BCUT2D eigenvalue weighted by Gasteiger charge is -2.13. The van der Waals surface area contributed by atoms with Gasteiger partial charge >= 0.3 is 5.97 Å². The Morgan fingerprint density at radius 1 is 1.24 bits per heavy atom. The minimum atomic E-state index is -0.554. The summed E-state index contributed by atoms with van der Waals surface area (Å²) in [5.41, 5.74) is 1.81. The number of pyridine rings is 1. The van der Waals surface area contributed by atoms with Crippen LogP contribution in [-0.2, 0) is 9.53 Å². The van der Waals surface area contributed by atoms with Crippen molar-refractivity contribution in [1.82, 2.24) is 20.1 Å². The van der Waals surface area contributed by atoms with Crippen molar-refractivity contribution in [3.63, 3.8) is 0 Å². The highest BCUT2D eigenvalue weighted by Crippen LogP contribution is 2.25. The molecule has 3 aromatic heterocycles. The van der Waals surface area contributed by atoms with Crippen molar-refractivity contribution in [2.45, 2.75) is 52.6 Å². The fraction of sp³-hybridized carbons (Fsp3) is 0.429. The molecule has 29 heavy (non-hydrogen) atoms. The first-order valence-electron chi connectivity index (χ1n) is 9.66. The van der Waals surface area contributed by atoms with E-state index < -0.39 is 5.97 Å². The van der Waals surface area contributed by atoms with Crippen LogP contribution in [-0.4, -0.2) is 33.2 Å². The molecule has 0 aromatic carbocycles. The molecule has 0 bridgehead atoms. The SMILES string of the molecule is CC(C)c1cc(C(=O)OCC(=O)N[C@H](C)c2cccs2)c2cnn(C(C)C)c2n1. The summed E-state index contributed by atoms with van der Waals surface area (Å²) in [4.78, 5) is 30.7. The van der Waals surface area contributed by atoms with Crippen molar-refractivity contribution in [1.29, 1.82) is 0 Å². The van der Waals surface area contributed by atoms with Gasteiger partial charge in [0.2, 0.25) is 0 Å². The number of carbonyl (C=O) groups excluding carboxylic acids is 2. The van der Waals surface area contributed by atoms with Gasteiger partial charge in [-0.05, 0) is 44.2 Å². The van der Waals surface area contributed by atoms with E-state index in [0.29, 0.717) is 16.6 Å². The second-order valence-corrected chi connectivity index (χ2v) is 8.53. The third kappa shape index (κ3) is 4.64. The number of nitrogens with one attached hydrogen (secondary N) is 1. The second kappa shape index (κ2) is 8.73. The Morgan fingerprint density at radius 2 is 2.00 bits per heavy atom. The van der Waals surface area contributed by atoms with Crippen LogP contribution in [0, 0.1) is 0 Å². The van der Waals surface area contributed by atoms with Gasteiger partial charge in [0.1, 0.15) is 0 Å². The smallest absolute Gasteiger partial charge is 0.339 e. The van der Waals surface area contributed by atoms with Crippen LogP contribution >= 0.6 is 11.3 Å². The Labute approximate surface area is 174 Å². The highest BCUT2D eigenvalue weighted by atomic mass is 32.1. The summed E-state index contributed by atoms with van der Waals surface area (Å²) in [6, 6.07) is 5.59. The predicted molar refractivity (Wildman–Crippen MR) is 113 cm³/mol. The van der Waals surface area contributed by atoms with Crippen LogP contribution in [0.5, 0.6) is 0 Å². The van der Waals surface area contributed by atoms with Gasteiger partial charge in [-0.1, -0.05) is 19.9 Å². The van der Waals surface area contributed by atoms with Gasteiger partial charge < -0.3 is 10.1 Å². The largest absolute Gasteiger partial charge is 0.452 e. The summed E-state index contributed by atoms with van der Waals surface area (Å²) >= 11 is 1.57. The Morgan fingerprint density at radius 3 is 2.62 bits per heavy atom. The number of nitrogens with zero attached hydrogens (tertiary/aromatic N) is 3. The molecule has 0 saturated heterocycles. The van der Waals surface area contributed by atoms with E-state index >= 15 is 0 Å². The van der Waals surface area contributed by atoms with E-state index in [4.69, 9.17) is 4.74 Å². The first-order valence-corrected chi connectivity index (χ1v) is 10.5. The molecule has 8 heteroatoms. The Kier molecular flexibility index (Phi) is 6.32. The number of fused-ring (bicyclic) bond motifs is 1. The molecule has 1 N–H and O–H groups in total. The van der Waals surface area contributed by atoms with Crippen molar-refractivity contribution in [2.75, 3.05) is 6.61 Å². The molecule has 154 valence electrons. The molecular weight excluding hydrogens is 388 g/mol. The third-order valence-corrected chi connectivity index (χ3v) is 5.62. The van der Waals surface area contributed by atoms with Crippen molar-refractivity contribution in [3.05, 3.63) is 45.9 Å². The van der Waals surface area contributed by atoms with Gasteiger partial charge in [-0.25, -0.2) is 14.5 Å². The second-order valence-electron chi connectivity index (χ2n) is 7.55. The van der Waals surface area contributed by atoms with Crippen LogP contribution < -0.4 is 5.32 Å². The number of rotatable bonds is 7. The molecule has 0 aliphatic heterocycles. The third-order valence-electron chi connectivity index (χ3n) is 4.57. The van der Waals surface area contributed by atoms with E-state index in [1.54, 1.807) is 28.3 Å². The van der Waals surface area contributed by atoms with Gasteiger partial charge in [0.05, 0.1) is 23.2 Å². The van der Waals surface area contributed by atoms with Crippen LogP contribution in [0.1, 0.15) is 73.5 Å². The van der Waals surface area contributed by atoms with Gasteiger partial charge in [-0.15, -0.1) is 11.3 Å². The van der Waals surface area contributed by atoms with Gasteiger partial charge in [0, 0.05) is 16.6 Å². The van der Waals surface area contributed by atoms with Crippen LogP contribution in [0.15, 0.2) is 29.8 Å². The van der Waals surface area contributed by atoms with Crippen molar-refractivity contribution in [3.8, 4) is 0 Å². The lowest BCUT2D eigenvalue weighted by molar-refractivity contribution is -0.124. The first-order chi connectivity index (χ1) is 13.8. The zero-order valence-electron chi connectivity index (χ0n) is 17.3. The first kappa shape index (κ1) is 21.0. The topological polar surface area (TPSA) is 86.1 Å². The van der Waals surface area contributed by atoms with E-state index in [1.165, 1.54) is 0 Å². The van der Waals surface area contributed by atoms with Gasteiger partial charge in [-0.2, -0.15) is 5.10 Å². The number of hydrogen-bond donors (Lipinski definition) is 1. The molecule has 0 unspecified atom stereocenters. The van der Waals surface area contributed by atoms with E-state index in [-0.39, 0.29) is 30.5 Å². The molecule has 7 nitrogen and oxygen atoms in total. The maximum absolute atomic E-state index is 12.8. The van der Waals surface area contributed by atoms with Crippen LogP contribution in [0.4, 0.5) is 0 Å². The normalized spacial score (nSPS) is 12.5. The minimum absolute atomic E-state index is 0.107. The highest BCUT2D eigenvalue weighted by Gasteiger charge is 2.21. The zero-order valence-corrected chi connectivity index (χ0v) is 18.1. The maximum atomic E-state index is 12.8. The predicted octanol–water partition coefficient (Wildman–Crippen LogP) is 4.23. The molecule has 0 fully saturated rings. The number of ether oxygens (including phenoxy) is 1. The average molecular weight is 415 g/mol. The molecule has 0 saturated carbocycles. The summed E-state index contributed by atoms with van der Waals surface area (Å²) < 4.78 is 7.09. The number of aromatic nitrogens is 3. The average Bonchev–Trinajstić information content (AvgIpc) is 3.34. The fourth-order valence-corrected chi connectivity index (χ4v) is 3.72. The molecule has 3 aromatic rings. The fourth-order valence-electron chi connectivity index (χ4n) is 2.98. The molecule has 0 radical (unpaired) electrons. The summed E-state index contributed by atoms with van der Waals surface area (Å²) in [6.07, 6.45) is 1.63. The van der Waals surface area contributed by atoms with E-state index in [1.807, 2.05) is 52.1 Å². The molecule has 0 aliphatic rings. The molecule has 1 atom stereocenters. The maximum Gasteiger partial charge on any atom is 0.339 e. The van der Waals surface area contributed by atoms with Gasteiger partial charge in [0.15, 0.2) is 12.3 Å². The van der Waals surface area contributed by atoms with Gasteiger partial charge in [0.25, 0.3) is 5.91 Å². The summed E-state index contributed by atoms with van der Waals surface area (Å²) in [5, 5.41) is 9.79. The van der Waals surface area contributed by atoms with Crippen LogP contribution in [0.25, 0.3) is 11.0 Å². The summed E-state index contributed by atoms with van der Waals surface area (Å²) in [7, 11) is 0. The molecule has 0 spiro atoms. The molecular formula is C21H26N4O3S. The van der Waals surface area contributed by atoms with Crippen molar-refractivity contribution in [2.24, 2.45) is 0 Å². The number of carbonyl (C=O) groups is 2. The summed E-state index contributed by atoms with van der Waals surface area (Å²) in [6.45, 7) is 9.60. The number of esters is 1. The lowest BCUT2D eigenvalue weighted by Crippen LogP contribution is -2.30. The Hall–Kier alpha value is -2.74. The Bertz CT molecular complexity index is 1010. The molecule has 1 amide bonds. The monoisotopic (exact) mass is 414 g/mol. The molecule has 3 rings (SSSR count). The summed E-state index contributed by atoms with van der Waals surface area (Å²) in [5.74, 6) is -0.760. The number of hydrogen-bond acceptors (Lipinski definition) is 6. The quantitative estimate of drug-likeness (QED) is 0.585. The Balaban J connectivity index is 1.77. The lowest BCUT2D eigenvalue weighted by atomic mass is 10.1.